The van der Waals surface area contributed by atoms with Gasteiger partial charge in [0, 0.05) is 24.2 Å². The average Bonchev–Trinajstić information content (AvgIpc) is 3.16. The number of carbonyl (C=O) groups is 1. The zero-order chi connectivity index (χ0) is 17.6. The number of nitrogens with one attached hydrogen (secondary N) is 1. The van der Waals surface area contributed by atoms with E-state index in [1.807, 2.05) is 49.4 Å². The minimum absolute atomic E-state index is 0.0164. The standard InChI is InChI=1S/C20H19ClN2O2/c1-14-11-15(4-7-17(14)21)6-9-20(24)23-13-16-5-8-18(22-12-16)19-3-2-10-25-19/h2-5,7-8,10-12H,6,9,13H2,1H3,(H,23,24). The molecule has 0 saturated heterocycles. The van der Waals surface area contributed by atoms with Gasteiger partial charge in [-0.05, 0) is 54.3 Å². The fourth-order valence-corrected chi connectivity index (χ4v) is 2.63. The van der Waals surface area contributed by atoms with Crippen LogP contribution < -0.4 is 5.32 Å². The topological polar surface area (TPSA) is 55.1 Å². The first-order valence-electron chi connectivity index (χ1n) is 8.12. The zero-order valence-electron chi connectivity index (χ0n) is 14.0. The molecule has 0 fully saturated rings. The SMILES string of the molecule is Cc1cc(CCC(=O)NCc2ccc(-c3ccco3)nc2)ccc1Cl. The van der Waals surface area contributed by atoms with Crippen LogP contribution in [0.25, 0.3) is 11.5 Å². The molecular weight excluding hydrogens is 336 g/mol. The Hall–Kier alpha value is -2.59. The molecule has 0 saturated carbocycles. The number of hydrogen-bond acceptors (Lipinski definition) is 3. The Morgan fingerprint density at radius 3 is 2.72 bits per heavy atom. The first-order chi connectivity index (χ1) is 12.1. The first-order valence-corrected chi connectivity index (χ1v) is 8.50. The second-order valence-corrected chi connectivity index (χ2v) is 6.30. The molecule has 2 aromatic heterocycles. The van der Waals surface area contributed by atoms with E-state index in [0.717, 1.165) is 33.2 Å². The van der Waals surface area contributed by atoms with Gasteiger partial charge in [-0.15, -0.1) is 0 Å². The van der Waals surface area contributed by atoms with Gasteiger partial charge in [-0.2, -0.15) is 0 Å². The lowest BCUT2D eigenvalue weighted by atomic mass is 10.1. The largest absolute Gasteiger partial charge is 0.463 e. The lowest BCUT2D eigenvalue weighted by Crippen LogP contribution is -2.23. The van der Waals surface area contributed by atoms with Gasteiger partial charge in [0.25, 0.3) is 0 Å². The van der Waals surface area contributed by atoms with Gasteiger partial charge in [-0.3, -0.25) is 9.78 Å². The molecule has 128 valence electrons. The number of halogens is 1. The van der Waals surface area contributed by atoms with Crippen LogP contribution in [0, 0.1) is 6.92 Å². The number of aryl methyl sites for hydroxylation is 2. The summed E-state index contributed by atoms with van der Waals surface area (Å²) in [4.78, 5) is 16.4. The smallest absolute Gasteiger partial charge is 0.220 e. The van der Waals surface area contributed by atoms with Gasteiger partial charge in [0.05, 0.1) is 6.26 Å². The van der Waals surface area contributed by atoms with E-state index in [1.54, 1.807) is 12.5 Å². The summed E-state index contributed by atoms with van der Waals surface area (Å²) >= 11 is 6.01. The number of amides is 1. The van der Waals surface area contributed by atoms with Crippen LogP contribution in [-0.2, 0) is 17.8 Å². The summed E-state index contributed by atoms with van der Waals surface area (Å²) < 4.78 is 5.31. The maximum atomic E-state index is 12.0. The lowest BCUT2D eigenvalue weighted by Gasteiger charge is -2.07. The van der Waals surface area contributed by atoms with Crippen molar-refractivity contribution >= 4 is 17.5 Å². The minimum atomic E-state index is 0.0164. The van der Waals surface area contributed by atoms with Crippen molar-refractivity contribution in [2.24, 2.45) is 0 Å². The van der Waals surface area contributed by atoms with E-state index in [-0.39, 0.29) is 5.91 Å². The molecule has 0 spiro atoms. The van der Waals surface area contributed by atoms with Gasteiger partial charge < -0.3 is 9.73 Å². The van der Waals surface area contributed by atoms with Crippen molar-refractivity contribution in [3.63, 3.8) is 0 Å². The number of furan rings is 1. The number of aromatic nitrogens is 1. The minimum Gasteiger partial charge on any atom is -0.463 e. The molecule has 0 bridgehead atoms. The molecule has 0 aliphatic heterocycles. The summed E-state index contributed by atoms with van der Waals surface area (Å²) in [5, 5.41) is 3.67. The van der Waals surface area contributed by atoms with Crippen molar-refractivity contribution in [1.82, 2.24) is 10.3 Å². The van der Waals surface area contributed by atoms with Crippen molar-refractivity contribution in [2.75, 3.05) is 0 Å². The molecule has 25 heavy (non-hydrogen) atoms. The van der Waals surface area contributed by atoms with Crippen molar-refractivity contribution in [3.05, 3.63) is 76.6 Å². The number of hydrogen-bond donors (Lipinski definition) is 1. The van der Waals surface area contributed by atoms with Crippen molar-refractivity contribution < 1.29 is 9.21 Å². The summed E-state index contributed by atoms with van der Waals surface area (Å²) in [7, 11) is 0. The molecule has 5 heteroatoms. The van der Waals surface area contributed by atoms with Gasteiger partial charge in [0.1, 0.15) is 5.69 Å². The Balaban J connectivity index is 1.48. The van der Waals surface area contributed by atoms with Crippen LogP contribution in [0.2, 0.25) is 5.02 Å². The van der Waals surface area contributed by atoms with Gasteiger partial charge >= 0.3 is 0 Å². The summed E-state index contributed by atoms with van der Waals surface area (Å²) in [6.07, 6.45) is 4.51. The molecule has 4 nitrogen and oxygen atoms in total. The highest BCUT2D eigenvalue weighted by molar-refractivity contribution is 6.31. The highest BCUT2D eigenvalue weighted by Crippen LogP contribution is 2.18. The lowest BCUT2D eigenvalue weighted by molar-refractivity contribution is -0.121. The third-order valence-corrected chi connectivity index (χ3v) is 4.38. The number of benzene rings is 1. The molecule has 3 rings (SSSR count). The van der Waals surface area contributed by atoms with Gasteiger partial charge in [-0.25, -0.2) is 0 Å². The molecule has 1 N–H and O–H groups in total. The fraction of sp³-hybridized carbons (Fsp3) is 0.200. The van der Waals surface area contributed by atoms with Crippen LogP contribution in [0.1, 0.15) is 23.1 Å². The van der Waals surface area contributed by atoms with Crippen LogP contribution in [0.3, 0.4) is 0 Å². The highest BCUT2D eigenvalue weighted by atomic mass is 35.5. The van der Waals surface area contributed by atoms with Gasteiger partial charge in [0.15, 0.2) is 5.76 Å². The number of rotatable bonds is 6. The van der Waals surface area contributed by atoms with Crippen molar-refractivity contribution in [2.45, 2.75) is 26.3 Å². The van der Waals surface area contributed by atoms with E-state index in [2.05, 4.69) is 10.3 Å². The molecule has 3 aromatic rings. The van der Waals surface area contributed by atoms with Gasteiger partial charge in [0.2, 0.25) is 5.91 Å². The monoisotopic (exact) mass is 354 g/mol. The molecule has 0 unspecified atom stereocenters. The maximum absolute atomic E-state index is 12.0. The van der Waals surface area contributed by atoms with Crippen LogP contribution in [-0.4, -0.2) is 10.9 Å². The summed E-state index contributed by atoms with van der Waals surface area (Å²) in [6.45, 7) is 2.43. The van der Waals surface area contributed by atoms with E-state index in [4.69, 9.17) is 16.0 Å². The van der Waals surface area contributed by atoms with E-state index in [0.29, 0.717) is 19.4 Å². The van der Waals surface area contributed by atoms with E-state index >= 15 is 0 Å². The Morgan fingerprint density at radius 1 is 1.20 bits per heavy atom. The van der Waals surface area contributed by atoms with Crippen LogP contribution >= 0.6 is 11.6 Å². The van der Waals surface area contributed by atoms with Crippen LogP contribution in [0.5, 0.6) is 0 Å². The molecule has 0 aliphatic rings. The molecular formula is C20H19ClN2O2. The van der Waals surface area contributed by atoms with E-state index in [9.17, 15) is 4.79 Å². The van der Waals surface area contributed by atoms with Crippen molar-refractivity contribution in [3.8, 4) is 11.5 Å². The van der Waals surface area contributed by atoms with Gasteiger partial charge in [-0.1, -0.05) is 29.8 Å². The van der Waals surface area contributed by atoms with Crippen LogP contribution in [0.15, 0.2) is 59.3 Å². The molecule has 1 aromatic carbocycles. The third-order valence-electron chi connectivity index (χ3n) is 3.95. The van der Waals surface area contributed by atoms with E-state index < -0.39 is 0 Å². The third kappa shape index (κ3) is 4.70. The summed E-state index contributed by atoms with van der Waals surface area (Å²) in [6, 6.07) is 13.4. The molecule has 2 heterocycles. The van der Waals surface area contributed by atoms with Crippen LogP contribution in [0.4, 0.5) is 0 Å². The Labute approximate surface area is 151 Å². The normalized spacial score (nSPS) is 10.6. The van der Waals surface area contributed by atoms with Crippen molar-refractivity contribution in [1.29, 1.82) is 0 Å². The fourth-order valence-electron chi connectivity index (χ4n) is 2.51. The second-order valence-electron chi connectivity index (χ2n) is 5.89. The zero-order valence-corrected chi connectivity index (χ0v) is 14.7. The number of nitrogens with zero attached hydrogens (tertiary/aromatic N) is 1. The predicted octanol–water partition coefficient (Wildman–Crippen LogP) is 4.55. The molecule has 1 amide bonds. The Kier molecular flexibility index (Phi) is 5.51. The Morgan fingerprint density at radius 2 is 2.04 bits per heavy atom. The second kappa shape index (κ2) is 7.99. The van der Waals surface area contributed by atoms with E-state index in [1.165, 1.54) is 0 Å². The molecule has 0 atom stereocenters. The highest BCUT2D eigenvalue weighted by Gasteiger charge is 2.05. The number of pyridine rings is 1. The Bertz CT molecular complexity index is 843. The summed E-state index contributed by atoms with van der Waals surface area (Å²) in [5.74, 6) is 0.747. The quantitative estimate of drug-likeness (QED) is 0.706. The predicted molar refractivity (Wildman–Crippen MR) is 98.3 cm³/mol. The molecule has 0 aliphatic carbocycles. The molecule has 0 radical (unpaired) electrons. The average molecular weight is 355 g/mol. The first kappa shape index (κ1) is 17.2. The maximum Gasteiger partial charge on any atom is 0.220 e. The number of carbonyl (C=O) groups excluding carboxylic acids is 1. The summed E-state index contributed by atoms with van der Waals surface area (Å²) in [5.41, 5.74) is 3.87.